The molecule has 0 fully saturated rings. The highest BCUT2D eigenvalue weighted by Gasteiger charge is 2.12. The van der Waals surface area contributed by atoms with E-state index >= 15 is 0 Å². The Balaban J connectivity index is 2.94. The number of aromatic nitrogens is 2. The van der Waals surface area contributed by atoms with Crippen molar-refractivity contribution in [1.82, 2.24) is 9.55 Å². The average Bonchev–Trinajstić information content (AvgIpc) is 2.28. The van der Waals surface area contributed by atoms with Gasteiger partial charge in [0, 0.05) is 12.7 Å². The lowest BCUT2D eigenvalue weighted by molar-refractivity contribution is 0.0998. The predicted octanol–water partition coefficient (Wildman–Crippen LogP) is 0.515. The molecule has 0 aliphatic heterocycles. The minimum atomic E-state index is -0.722. The van der Waals surface area contributed by atoms with E-state index in [9.17, 15) is 9.59 Å². The molecule has 5 heteroatoms. The largest absolute Gasteiger partial charge is 0.365 e. The van der Waals surface area contributed by atoms with E-state index in [1.807, 2.05) is 6.92 Å². The Labute approximate surface area is 91.5 Å². The number of hydrogen-bond acceptors (Lipinski definition) is 3. The second-order valence-electron chi connectivity index (χ2n) is 3.38. The van der Waals surface area contributed by atoms with Gasteiger partial charge in [-0.2, -0.15) is 0 Å². The third kappa shape index (κ3) is 1.46. The molecule has 2 N–H and O–H groups in total. The Kier molecular flexibility index (Phi) is 2.44. The molecule has 82 valence electrons. The maximum atomic E-state index is 11.9. The molecule has 1 amide bonds. The van der Waals surface area contributed by atoms with Crippen LogP contribution < -0.4 is 11.3 Å². The number of nitrogens with two attached hydrogens (primary N) is 1. The third-order valence-electron chi connectivity index (χ3n) is 2.45. The average molecular weight is 217 g/mol. The van der Waals surface area contributed by atoms with Crippen LogP contribution in [0.15, 0.2) is 29.2 Å². The zero-order valence-electron chi connectivity index (χ0n) is 8.80. The molecule has 0 aromatic carbocycles. The zero-order valence-corrected chi connectivity index (χ0v) is 8.80. The fraction of sp³-hybridized carbons (Fsp3) is 0.182. The normalized spacial score (nSPS) is 10.6. The van der Waals surface area contributed by atoms with Gasteiger partial charge in [-0.3, -0.25) is 14.6 Å². The van der Waals surface area contributed by atoms with Crippen molar-refractivity contribution in [3.05, 3.63) is 40.3 Å². The van der Waals surface area contributed by atoms with E-state index < -0.39 is 5.91 Å². The Bertz CT molecular complexity index is 616. The van der Waals surface area contributed by atoms with Crippen LogP contribution in [-0.4, -0.2) is 15.5 Å². The van der Waals surface area contributed by atoms with Gasteiger partial charge in [0.1, 0.15) is 5.56 Å². The summed E-state index contributed by atoms with van der Waals surface area (Å²) in [7, 11) is 0. The minimum absolute atomic E-state index is 0.0203. The number of pyridine rings is 2. The van der Waals surface area contributed by atoms with Crippen LogP contribution in [0.4, 0.5) is 0 Å². The molecule has 0 radical (unpaired) electrons. The monoisotopic (exact) mass is 217 g/mol. The lowest BCUT2D eigenvalue weighted by Gasteiger charge is -2.08. The summed E-state index contributed by atoms with van der Waals surface area (Å²) >= 11 is 0. The molecule has 2 aromatic rings. The zero-order chi connectivity index (χ0) is 11.7. The number of amides is 1. The van der Waals surface area contributed by atoms with Crippen LogP contribution in [0.2, 0.25) is 0 Å². The SMILES string of the molecule is CCn1c(=O)c(C(N)=O)cc2ncccc21. The molecule has 0 aliphatic carbocycles. The molecule has 2 rings (SSSR count). The first-order chi connectivity index (χ1) is 7.65. The highest BCUT2D eigenvalue weighted by molar-refractivity contribution is 5.95. The van der Waals surface area contributed by atoms with Gasteiger partial charge in [0.15, 0.2) is 0 Å². The third-order valence-corrected chi connectivity index (χ3v) is 2.45. The molecular formula is C11H11N3O2. The van der Waals surface area contributed by atoms with Gasteiger partial charge in [-0.05, 0) is 25.1 Å². The molecule has 0 aliphatic rings. The Morgan fingerprint density at radius 3 is 2.94 bits per heavy atom. The van der Waals surface area contributed by atoms with Gasteiger partial charge in [-0.1, -0.05) is 0 Å². The van der Waals surface area contributed by atoms with Crippen molar-refractivity contribution < 1.29 is 4.79 Å². The van der Waals surface area contributed by atoms with Crippen LogP contribution in [0.1, 0.15) is 17.3 Å². The van der Waals surface area contributed by atoms with Gasteiger partial charge in [-0.25, -0.2) is 0 Å². The summed E-state index contributed by atoms with van der Waals surface area (Å²) in [5.74, 6) is -0.722. The highest BCUT2D eigenvalue weighted by atomic mass is 16.2. The summed E-state index contributed by atoms with van der Waals surface area (Å²) in [6, 6.07) is 4.97. The number of primary amides is 1. The standard InChI is InChI=1S/C11H11N3O2/c1-2-14-9-4-3-5-13-8(9)6-7(10(12)15)11(14)16/h3-6H,2H2,1H3,(H2,12,15). The first-order valence-electron chi connectivity index (χ1n) is 4.93. The van der Waals surface area contributed by atoms with E-state index in [1.165, 1.54) is 10.6 Å². The molecule has 0 bridgehead atoms. The summed E-state index contributed by atoms with van der Waals surface area (Å²) in [6.45, 7) is 2.31. The molecule has 2 heterocycles. The quantitative estimate of drug-likeness (QED) is 0.796. The van der Waals surface area contributed by atoms with Crippen molar-refractivity contribution in [2.24, 2.45) is 5.73 Å². The number of nitrogens with zero attached hydrogens (tertiary/aromatic N) is 2. The summed E-state index contributed by atoms with van der Waals surface area (Å²) in [5.41, 5.74) is 6.07. The van der Waals surface area contributed by atoms with Crippen LogP contribution in [-0.2, 0) is 6.54 Å². The topological polar surface area (TPSA) is 78.0 Å². The molecular weight excluding hydrogens is 206 g/mol. The number of carbonyl (C=O) groups excluding carboxylic acids is 1. The van der Waals surface area contributed by atoms with E-state index in [4.69, 9.17) is 5.73 Å². The number of carbonyl (C=O) groups is 1. The Hall–Kier alpha value is -2.17. The number of aryl methyl sites for hydroxylation is 1. The molecule has 0 spiro atoms. The van der Waals surface area contributed by atoms with Gasteiger partial charge in [-0.15, -0.1) is 0 Å². The van der Waals surface area contributed by atoms with Crippen LogP contribution >= 0.6 is 0 Å². The maximum Gasteiger partial charge on any atom is 0.263 e. The van der Waals surface area contributed by atoms with Crippen molar-refractivity contribution >= 4 is 16.9 Å². The maximum absolute atomic E-state index is 11.9. The van der Waals surface area contributed by atoms with Crippen molar-refractivity contribution in [3.8, 4) is 0 Å². The smallest absolute Gasteiger partial charge is 0.263 e. The molecule has 2 aromatic heterocycles. The Morgan fingerprint density at radius 2 is 2.31 bits per heavy atom. The molecule has 0 atom stereocenters. The van der Waals surface area contributed by atoms with Gasteiger partial charge in [0.2, 0.25) is 0 Å². The van der Waals surface area contributed by atoms with Gasteiger partial charge in [0.25, 0.3) is 11.5 Å². The first kappa shape index (κ1) is 10.4. The van der Waals surface area contributed by atoms with Crippen molar-refractivity contribution in [2.75, 3.05) is 0 Å². The molecule has 0 unspecified atom stereocenters. The fourth-order valence-corrected chi connectivity index (χ4v) is 1.69. The van der Waals surface area contributed by atoms with Crippen molar-refractivity contribution in [3.63, 3.8) is 0 Å². The Morgan fingerprint density at radius 1 is 1.56 bits per heavy atom. The van der Waals surface area contributed by atoms with E-state index in [2.05, 4.69) is 4.98 Å². The van der Waals surface area contributed by atoms with Crippen LogP contribution in [0.5, 0.6) is 0 Å². The van der Waals surface area contributed by atoms with Crippen LogP contribution in [0.3, 0.4) is 0 Å². The molecule has 5 nitrogen and oxygen atoms in total. The number of rotatable bonds is 2. The summed E-state index contributed by atoms with van der Waals surface area (Å²) in [4.78, 5) is 27.1. The van der Waals surface area contributed by atoms with Crippen LogP contribution in [0, 0.1) is 0 Å². The van der Waals surface area contributed by atoms with Gasteiger partial charge < -0.3 is 10.3 Å². The van der Waals surface area contributed by atoms with Gasteiger partial charge >= 0.3 is 0 Å². The summed E-state index contributed by atoms with van der Waals surface area (Å²) < 4.78 is 1.49. The van der Waals surface area contributed by atoms with E-state index in [0.717, 1.165) is 0 Å². The van der Waals surface area contributed by atoms with E-state index in [-0.39, 0.29) is 11.1 Å². The first-order valence-corrected chi connectivity index (χ1v) is 4.93. The van der Waals surface area contributed by atoms with E-state index in [0.29, 0.717) is 17.6 Å². The van der Waals surface area contributed by atoms with Crippen molar-refractivity contribution in [2.45, 2.75) is 13.5 Å². The lowest BCUT2D eigenvalue weighted by Crippen LogP contribution is -2.29. The van der Waals surface area contributed by atoms with Crippen LogP contribution in [0.25, 0.3) is 11.0 Å². The second kappa shape index (κ2) is 3.77. The van der Waals surface area contributed by atoms with E-state index in [1.54, 1.807) is 18.3 Å². The molecule has 0 saturated heterocycles. The summed E-state index contributed by atoms with van der Waals surface area (Å²) in [6.07, 6.45) is 1.61. The fourth-order valence-electron chi connectivity index (χ4n) is 1.69. The number of fused-ring (bicyclic) bond motifs is 1. The highest BCUT2D eigenvalue weighted by Crippen LogP contribution is 2.10. The minimum Gasteiger partial charge on any atom is -0.365 e. The van der Waals surface area contributed by atoms with Gasteiger partial charge in [0.05, 0.1) is 11.0 Å². The van der Waals surface area contributed by atoms with Crippen molar-refractivity contribution in [1.29, 1.82) is 0 Å². The molecule has 16 heavy (non-hydrogen) atoms. The molecule has 0 saturated carbocycles. The lowest BCUT2D eigenvalue weighted by atomic mass is 10.2. The second-order valence-corrected chi connectivity index (χ2v) is 3.38. The predicted molar refractivity (Wildman–Crippen MR) is 60.2 cm³/mol. The summed E-state index contributed by atoms with van der Waals surface area (Å²) in [5, 5.41) is 0. The number of hydrogen-bond donors (Lipinski definition) is 1.